The number of ether oxygens (including phenoxy) is 2. The van der Waals surface area contributed by atoms with Crippen molar-refractivity contribution in [3.05, 3.63) is 64.2 Å². The first-order chi connectivity index (χ1) is 14.1. The van der Waals surface area contributed by atoms with Gasteiger partial charge in [0.1, 0.15) is 5.75 Å². The Bertz CT molecular complexity index is 975. The van der Waals surface area contributed by atoms with Crippen molar-refractivity contribution >= 4 is 11.8 Å². The molecule has 5 rings (SSSR count). The molecule has 2 aromatic carbocycles. The predicted octanol–water partition coefficient (Wildman–Crippen LogP) is 2.25. The normalized spacial score (nSPS) is 26.3. The molecule has 2 heterocycles. The molecule has 1 saturated carbocycles. The van der Waals surface area contributed by atoms with Crippen LogP contribution in [0.5, 0.6) is 5.75 Å². The van der Waals surface area contributed by atoms with Gasteiger partial charge in [0, 0.05) is 42.0 Å². The van der Waals surface area contributed by atoms with Gasteiger partial charge in [0.25, 0.3) is 11.8 Å². The molecule has 3 aliphatic rings. The zero-order valence-corrected chi connectivity index (χ0v) is 16.5. The van der Waals surface area contributed by atoms with Crippen LogP contribution in [0.15, 0.2) is 36.4 Å². The van der Waals surface area contributed by atoms with Gasteiger partial charge in [-0.1, -0.05) is 29.8 Å². The topological polar surface area (TPSA) is 76.7 Å². The van der Waals surface area contributed by atoms with Crippen molar-refractivity contribution < 1.29 is 19.1 Å². The summed E-state index contributed by atoms with van der Waals surface area (Å²) in [6, 6.07) is 12.0. The van der Waals surface area contributed by atoms with E-state index in [1.807, 2.05) is 13.0 Å². The Morgan fingerprint density at radius 1 is 1.00 bits per heavy atom. The third-order valence-corrected chi connectivity index (χ3v) is 6.35. The fraction of sp³-hybridized carbons (Fsp3) is 0.391. The van der Waals surface area contributed by atoms with Gasteiger partial charge >= 0.3 is 0 Å². The lowest BCUT2D eigenvalue weighted by atomic mass is 9.90. The van der Waals surface area contributed by atoms with E-state index in [1.165, 1.54) is 5.56 Å². The highest BCUT2D eigenvalue weighted by Gasteiger charge is 2.54. The van der Waals surface area contributed by atoms with Crippen molar-refractivity contribution in [1.29, 1.82) is 0 Å². The van der Waals surface area contributed by atoms with Gasteiger partial charge in [-0.3, -0.25) is 9.59 Å². The number of aryl methyl sites for hydroxylation is 1. The van der Waals surface area contributed by atoms with Crippen molar-refractivity contribution in [2.45, 2.75) is 18.9 Å². The van der Waals surface area contributed by atoms with Crippen LogP contribution in [0.3, 0.4) is 0 Å². The summed E-state index contributed by atoms with van der Waals surface area (Å²) in [5.74, 6) is 1.02. The number of nitrogens with one attached hydrogen (secondary N) is 2. The number of hydrogen-bond donors (Lipinski definition) is 2. The van der Waals surface area contributed by atoms with Crippen LogP contribution >= 0.6 is 0 Å². The third-order valence-electron chi connectivity index (χ3n) is 6.35. The van der Waals surface area contributed by atoms with Gasteiger partial charge in [-0.05, 0) is 24.6 Å². The molecule has 0 aromatic heterocycles. The first-order valence-corrected chi connectivity index (χ1v) is 10.0. The molecule has 150 valence electrons. The van der Waals surface area contributed by atoms with Crippen LogP contribution in [0.4, 0.5) is 0 Å². The maximum absolute atomic E-state index is 13.0. The largest absolute Gasteiger partial charge is 0.491 e. The van der Waals surface area contributed by atoms with E-state index in [-0.39, 0.29) is 23.8 Å². The molecular weight excluding hydrogens is 368 g/mol. The summed E-state index contributed by atoms with van der Waals surface area (Å²) >= 11 is 0. The molecule has 2 N–H and O–H groups in total. The minimum atomic E-state index is -0.253. The van der Waals surface area contributed by atoms with Gasteiger partial charge in [0.05, 0.1) is 25.4 Å². The molecule has 0 bridgehead atoms. The second kappa shape index (κ2) is 6.88. The summed E-state index contributed by atoms with van der Waals surface area (Å²) < 4.78 is 11.3. The highest BCUT2D eigenvalue weighted by Crippen LogP contribution is 2.45. The maximum atomic E-state index is 13.0. The van der Waals surface area contributed by atoms with Gasteiger partial charge in [0.15, 0.2) is 0 Å². The summed E-state index contributed by atoms with van der Waals surface area (Å²) in [6.45, 7) is 3.93. The van der Waals surface area contributed by atoms with Crippen LogP contribution in [0.1, 0.15) is 43.3 Å². The summed E-state index contributed by atoms with van der Waals surface area (Å²) in [5.41, 5.74) is 4.09. The van der Waals surface area contributed by atoms with E-state index in [0.717, 1.165) is 11.1 Å². The SMILES string of the molecule is CNC(=O)c1cc(C(=O)N[C@H]2[C@@H]3COC[C@@H]32)cc2c1OCC2c1ccc(C)cc1. The molecule has 6 nitrogen and oxygen atoms in total. The minimum Gasteiger partial charge on any atom is -0.491 e. The Morgan fingerprint density at radius 2 is 1.72 bits per heavy atom. The molecular formula is C23H24N2O4. The molecule has 2 aliphatic heterocycles. The summed E-state index contributed by atoms with van der Waals surface area (Å²) in [5, 5.41) is 5.78. The van der Waals surface area contributed by atoms with E-state index in [1.54, 1.807) is 13.1 Å². The first kappa shape index (κ1) is 18.2. The van der Waals surface area contributed by atoms with E-state index in [4.69, 9.17) is 9.47 Å². The first-order valence-electron chi connectivity index (χ1n) is 10.0. The highest BCUT2D eigenvalue weighted by atomic mass is 16.5. The van der Waals surface area contributed by atoms with E-state index in [2.05, 4.69) is 34.9 Å². The smallest absolute Gasteiger partial charge is 0.254 e. The maximum Gasteiger partial charge on any atom is 0.254 e. The summed E-state index contributed by atoms with van der Waals surface area (Å²) in [6.07, 6.45) is 0. The molecule has 4 atom stereocenters. The lowest BCUT2D eigenvalue weighted by Crippen LogP contribution is -2.30. The van der Waals surface area contributed by atoms with E-state index in [0.29, 0.717) is 48.5 Å². The van der Waals surface area contributed by atoms with E-state index < -0.39 is 0 Å². The molecule has 2 aromatic rings. The lowest BCUT2D eigenvalue weighted by Gasteiger charge is -2.14. The number of hydrogen-bond acceptors (Lipinski definition) is 4. The van der Waals surface area contributed by atoms with Crippen LogP contribution < -0.4 is 15.4 Å². The lowest BCUT2D eigenvalue weighted by molar-refractivity contribution is 0.0929. The van der Waals surface area contributed by atoms with Gasteiger partial charge in [-0.2, -0.15) is 0 Å². The van der Waals surface area contributed by atoms with Crippen molar-refractivity contribution in [1.82, 2.24) is 10.6 Å². The van der Waals surface area contributed by atoms with E-state index in [9.17, 15) is 9.59 Å². The zero-order chi connectivity index (χ0) is 20.1. The van der Waals surface area contributed by atoms with Crippen LogP contribution in [0.2, 0.25) is 0 Å². The van der Waals surface area contributed by atoms with Crippen LogP contribution in [-0.4, -0.2) is 44.7 Å². The van der Waals surface area contributed by atoms with Gasteiger partial charge in [0.2, 0.25) is 0 Å². The van der Waals surface area contributed by atoms with Crippen LogP contribution in [0.25, 0.3) is 0 Å². The molecule has 1 aliphatic carbocycles. The van der Waals surface area contributed by atoms with Crippen molar-refractivity contribution in [2.75, 3.05) is 26.9 Å². The van der Waals surface area contributed by atoms with Crippen LogP contribution in [0, 0.1) is 18.8 Å². The van der Waals surface area contributed by atoms with Crippen molar-refractivity contribution in [2.24, 2.45) is 11.8 Å². The van der Waals surface area contributed by atoms with Gasteiger partial charge in [-0.15, -0.1) is 0 Å². The highest BCUT2D eigenvalue weighted by molar-refractivity contribution is 6.02. The third kappa shape index (κ3) is 3.08. The summed E-state index contributed by atoms with van der Waals surface area (Å²) in [7, 11) is 1.58. The molecule has 2 fully saturated rings. The van der Waals surface area contributed by atoms with Gasteiger partial charge in [-0.25, -0.2) is 0 Å². The Hall–Kier alpha value is -2.86. The average Bonchev–Trinajstić information content (AvgIpc) is 3.09. The molecule has 6 heteroatoms. The molecule has 0 spiro atoms. The monoisotopic (exact) mass is 392 g/mol. The minimum absolute atomic E-state index is 0.00420. The molecule has 1 saturated heterocycles. The fourth-order valence-electron chi connectivity index (χ4n) is 4.53. The quantitative estimate of drug-likeness (QED) is 0.837. The number of fused-ring (bicyclic) bond motifs is 2. The van der Waals surface area contributed by atoms with Crippen molar-refractivity contribution in [3.8, 4) is 5.75 Å². The Morgan fingerprint density at radius 3 is 2.41 bits per heavy atom. The molecule has 29 heavy (non-hydrogen) atoms. The summed E-state index contributed by atoms with van der Waals surface area (Å²) in [4.78, 5) is 25.4. The molecule has 0 radical (unpaired) electrons. The Labute approximate surface area is 169 Å². The number of carbonyl (C=O) groups excluding carboxylic acids is 2. The number of rotatable bonds is 4. The Kier molecular flexibility index (Phi) is 4.32. The Balaban J connectivity index is 1.49. The zero-order valence-electron chi connectivity index (χ0n) is 16.5. The number of carbonyl (C=O) groups is 2. The number of amides is 2. The van der Waals surface area contributed by atoms with Gasteiger partial charge < -0.3 is 20.1 Å². The molecule has 1 unspecified atom stereocenters. The molecule has 2 amide bonds. The van der Waals surface area contributed by atoms with E-state index >= 15 is 0 Å². The standard InChI is InChI=1S/C23H24N2O4/c1-12-3-5-13(6-4-12)17-11-29-21-15(17)7-14(8-16(21)23(27)24-2)22(26)25-20-18-9-28-10-19(18)20/h3-8,17-20H,9-11H2,1-2H3,(H,24,27)(H,25,26)/t17?,18-,19+,20+. The number of benzene rings is 2. The predicted molar refractivity (Wildman–Crippen MR) is 107 cm³/mol. The fourth-order valence-corrected chi connectivity index (χ4v) is 4.53. The second-order valence-corrected chi connectivity index (χ2v) is 8.16. The second-order valence-electron chi connectivity index (χ2n) is 8.16. The van der Waals surface area contributed by atoms with Crippen LogP contribution in [-0.2, 0) is 4.74 Å². The van der Waals surface area contributed by atoms with Crippen molar-refractivity contribution in [3.63, 3.8) is 0 Å². The average molecular weight is 392 g/mol.